The molecular weight excluding hydrogens is 342 g/mol. The lowest BCUT2D eigenvalue weighted by Gasteiger charge is -2.18. The molecule has 28 heavy (non-hydrogen) atoms. The Balaban J connectivity index is 1.64. The standard InChI is InChI=1S/C26H31NO/c1-21(2)28-26-24(15-6-12-22-10-4-3-5-11-22)17-8-18-25(26)16-7-13-23-14-9-19-27-20-23/h3-5,8-11,14,17-21H,6-7,12-13,15-16H2,1-2H3. The third kappa shape index (κ3) is 6.23. The Hall–Kier alpha value is -2.61. The second-order valence-electron chi connectivity index (χ2n) is 7.63. The van der Waals surface area contributed by atoms with E-state index in [2.05, 4.69) is 73.4 Å². The predicted molar refractivity (Wildman–Crippen MR) is 117 cm³/mol. The van der Waals surface area contributed by atoms with Crippen molar-refractivity contribution >= 4 is 0 Å². The highest BCUT2D eigenvalue weighted by Gasteiger charge is 2.12. The molecule has 1 aromatic heterocycles. The minimum Gasteiger partial charge on any atom is -0.490 e. The smallest absolute Gasteiger partial charge is 0.126 e. The van der Waals surface area contributed by atoms with Gasteiger partial charge >= 0.3 is 0 Å². The summed E-state index contributed by atoms with van der Waals surface area (Å²) in [5.41, 5.74) is 5.37. The van der Waals surface area contributed by atoms with Crippen molar-refractivity contribution in [1.29, 1.82) is 0 Å². The number of para-hydroxylation sites is 1. The fraction of sp³-hybridized carbons (Fsp3) is 0.346. The number of hydrogen-bond donors (Lipinski definition) is 0. The van der Waals surface area contributed by atoms with Gasteiger partial charge in [-0.1, -0.05) is 54.6 Å². The summed E-state index contributed by atoms with van der Waals surface area (Å²) in [6.45, 7) is 4.22. The third-order valence-corrected chi connectivity index (χ3v) is 4.92. The molecule has 2 nitrogen and oxygen atoms in total. The number of nitrogens with zero attached hydrogens (tertiary/aromatic N) is 1. The minimum absolute atomic E-state index is 0.187. The van der Waals surface area contributed by atoms with Gasteiger partial charge in [0.2, 0.25) is 0 Å². The van der Waals surface area contributed by atoms with E-state index >= 15 is 0 Å². The Morgan fingerprint density at radius 1 is 0.714 bits per heavy atom. The van der Waals surface area contributed by atoms with Gasteiger partial charge in [-0.25, -0.2) is 0 Å². The van der Waals surface area contributed by atoms with Crippen LogP contribution in [0.3, 0.4) is 0 Å². The molecule has 0 saturated heterocycles. The molecule has 0 atom stereocenters. The third-order valence-electron chi connectivity index (χ3n) is 4.92. The van der Waals surface area contributed by atoms with E-state index in [0.29, 0.717) is 0 Å². The van der Waals surface area contributed by atoms with Gasteiger partial charge in [0.1, 0.15) is 5.75 Å². The van der Waals surface area contributed by atoms with Crippen LogP contribution in [0.1, 0.15) is 48.9 Å². The molecule has 0 amide bonds. The van der Waals surface area contributed by atoms with Crippen LogP contribution >= 0.6 is 0 Å². The summed E-state index contributed by atoms with van der Waals surface area (Å²) in [6, 6.07) is 21.5. The maximum Gasteiger partial charge on any atom is 0.126 e. The van der Waals surface area contributed by atoms with Crippen LogP contribution in [-0.2, 0) is 25.7 Å². The molecule has 3 aromatic rings. The molecule has 2 aromatic carbocycles. The molecule has 3 rings (SSSR count). The number of aromatic nitrogens is 1. The molecule has 0 bridgehead atoms. The van der Waals surface area contributed by atoms with Gasteiger partial charge in [-0.15, -0.1) is 0 Å². The Morgan fingerprint density at radius 2 is 1.36 bits per heavy atom. The summed E-state index contributed by atoms with van der Waals surface area (Å²) in [6.07, 6.45) is 10.5. The molecule has 0 N–H and O–H groups in total. The second kappa shape index (κ2) is 10.7. The highest BCUT2D eigenvalue weighted by atomic mass is 16.5. The van der Waals surface area contributed by atoms with Crippen molar-refractivity contribution in [3.63, 3.8) is 0 Å². The average Bonchev–Trinajstić information content (AvgIpc) is 2.71. The molecule has 0 unspecified atom stereocenters. The van der Waals surface area contributed by atoms with Crippen molar-refractivity contribution in [2.24, 2.45) is 0 Å². The zero-order chi connectivity index (χ0) is 19.6. The highest BCUT2D eigenvalue weighted by molar-refractivity contribution is 5.42. The Kier molecular flexibility index (Phi) is 7.66. The fourth-order valence-electron chi connectivity index (χ4n) is 3.58. The molecule has 0 aliphatic heterocycles. The van der Waals surface area contributed by atoms with Crippen LogP contribution in [0.2, 0.25) is 0 Å². The first-order valence-corrected chi connectivity index (χ1v) is 10.4. The van der Waals surface area contributed by atoms with Gasteiger partial charge < -0.3 is 4.74 Å². The number of benzene rings is 2. The lowest BCUT2D eigenvalue weighted by atomic mass is 9.98. The van der Waals surface area contributed by atoms with E-state index < -0.39 is 0 Å². The lowest BCUT2D eigenvalue weighted by Crippen LogP contribution is -2.10. The monoisotopic (exact) mass is 373 g/mol. The van der Waals surface area contributed by atoms with Crippen molar-refractivity contribution < 1.29 is 4.74 Å². The van der Waals surface area contributed by atoms with Gasteiger partial charge in [0.05, 0.1) is 6.10 Å². The SMILES string of the molecule is CC(C)Oc1c(CCCc2ccccc2)cccc1CCCc1cccnc1. The van der Waals surface area contributed by atoms with Gasteiger partial charge in [0.15, 0.2) is 0 Å². The number of pyridine rings is 1. The van der Waals surface area contributed by atoms with Gasteiger partial charge in [-0.3, -0.25) is 4.98 Å². The maximum atomic E-state index is 6.27. The molecule has 2 heteroatoms. The summed E-state index contributed by atoms with van der Waals surface area (Å²) < 4.78 is 6.27. The van der Waals surface area contributed by atoms with Crippen molar-refractivity contribution in [1.82, 2.24) is 4.98 Å². The van der Waals surface area contributed by atoms with Crippen LogP contribution in [-0.4, -0.2) is 11.1 Å². The second-order valence-corrected chi connectivity index (χ2v) is 7.63. The summed E-state index contributed by atoms with van der Waals surface area (Å²) in [4.78, 5) is 4.22. The predicted octanol–water partition coefficient (Wildman–Crippen LogP) is 6.22. The van der Waals surface area contributed by atoms with Gasteiger partial charge in [0, 0.05) is 12.4 Å². The summed E-state index contributed by atoms with van der Waals surface area (Å²) in [5.74, 6) is 1.11. The van der Waals surface area contributed by atoms with Gasteiger partial charge in [0.25, 0.3) is 0 Å². The first kappa shape index (κ1) is 20.1. The topological polar surface area (TPSA) is 22.1 Å². The van der Waals surface area contributed by atoms with Crippen molar-refractivity contribution in [2.45, 2.75) is 58.5 Å². The van der Waals surface area contributed by atoms with E-state index in [1.807, 2.05) is 18.5 Å². The number of ether oxygens (including phenoxy) is 1. The van der Waals surface area contributed by atoms with E-state index in [9.17, 15) is 0 Å². The summed E-state index contributed by atoms with van der Waals surface area (Å²) in [7, 11) is 0. The van der Waals surface area contributed by atoms with E-state index in [-0.39, 0.29) is 6.10 Å². The summed E-state index contributed by atoms with van der Waals surface area (Å²) in [5, 5.41) is 0. The van der Waals surface area contributed by atoms with Crippen LogP contribution in [0.4, 0.5) is 0 Å². The Labute approximate surface area is 169 Å². The molecule has 146 valence electrons. The van der Waals surface area contributed by atoms with Crippen LogP contribution in [0.25, 0.3) is 0 Å². The molecule has 0 aliphatic carbocycles. The van der Waals surface area contributed by atoms with Crippen molar-refractivity contribution in [2.75, 3.05) is 0 Å². The van der Waals surface area contributed by atoms with E-state index in [1.54, 1.807) is 0 Å². The molecule has 0 fully saturated rings. The molecule has 0 saturated carbocycles. The average molecular weight is 374 g/mol. The Bertz CT molecular complexity index is 764. The van der Waals surface area contributed by atoms with Crippen LogP contribution in [0.15, 0.2) is 73.1 Å². The van der Waals surface area contributed by atoms with Gasteiger partial charge in [-0.05, 0) is 80.7 Å². The number of hydrogen-bond acceptors (Lipinski definition) is 2. The van der Waals surface area contributed by atoms with Crippen LogP contribution < -0.4 is 4.74 Å². The molecule has 1 heterocycles. The highest BCUT2D eigenvalue weighted by Crippen LogP contribution is 2.28. The lowest BCUT2D eigenvalue weighted by molar-refractivity contribution is 0.237. The zero-order valence-electron chi connectivity index (χ0n) is 17.1. The number of aryl methyl sites for hydroxylation is 4. The van der Waals surface area contributed by atoms with Crippen LogP contribution in [0, 0.1) is 0 Å². The Morgan fingerprint density at radius 3 is 1.96 bits per heavy atom. The van der Waals surface area contributed by atoms with Gasteiger partial charge in [-0.2, -0.15) is 0 Å². The molecule has 0 radical (unpaired) electrons. The van der Waals surface area contributed by atoms with E-state index in [1.165, 1.54) is 22.3 Å². The first-order chi connectivity index (χ1) is 13.7. The summed E-state index contributed by atoms with van der Waals surface area (Å²) >= 11 is 0. The van der Waals surface area contributed by atoms with E-state index in [0.717, 1.165) is 44.3 Å². The quantitative estimate of drug-likeness (QED) is 0.421. The molecular formula is C26H31NO. The molecule has 0 aliphatic rings. The zero-order valence-corrected chi connectivity index (χ0v) is 17.1. The van der Waals surface area contributed by atoms with Crippen LogP contribution in [0.5, 0.6) is 5.75 Å². The number of rotatable bonds is 10. The fourth-order valence-corrected chi connectivity index (χ4v) is 3.58. The van der Waals surface area contributed by atoms with E-state index in [4.69, 9.17) is 4.74 Å². The normalized spacial score (nSPS) is 11.0. The maximum absolute atomic E-state index is 6.27. The van der Waals surface area contributed by atoms with Crippen molar-refractivity contribution in [3.05, 3.63) is 95.3 Å². The molecule has 0 spiro atoms. The largest absolute Gasteiger partial charge is 0.490 e. The minimum atomic E-state index is 0.187. The first-order valence-electron chi connectivity index (χ1n) is 10.4. The van der Waals surface area contributed by atoms with Crippen molar-refractivity contribution in [3.8, 4) is 5.75 Å².